The summed E-state index contributed by atoms with van der Waals surface area (Å²) in [7, 11) is 0. The molecule has 2 aromatic carbocycles. The van der Waals surface area contributed by atoms with Gasteiger partial charge in [0.1, 0.15) is 0 Å². The zero-order valence-corrected chi connectivity index (χ0v) is 17.4. The topological polar surface area (TPSA) is 85.6 Å². The van der Waals surface area contributed by atoms with E-state index in [1.807, 2.05) is 38.1 Å². The fourth-order valence-corrected chi connectivity index (χ4v) is 3.54. The van der Waals surface area contributed by atoms with Gasteiger partial charge in [-0.3, -0.25) is 10.1 Å². The van der Waals surface area contributed by atoms with Crippen molar-refractivity contribution in [2.24, 2.45) is 0 Å². The smallest absolute Gasteiger partial charge is 0.257 e. The van der Waals surface area contributed by atoms with E-state index in [-0.39, 0.29) is 5.91 Å². The van der Waals surface area contributed by atoms with Gasteiger partial charge in [0, 0.05) is 17.1 Å². The molecule has 0 unspecified atom stereocenters. The molecular weight excluding hydrogens is 384 g/mol. The van der Waals surface area contributed by atoms with Crippen LogP contribution in [0, 0.1) is 27.7 Å². The van der Waals surface area contributed by atoms with Gasteiger partial charge in [0.25, 0.3) is 5.91 Å². The molecule has 0 radical (unpaired) electrons. The number of benzene rings is 2. The van der Waals surface area contributed by atoms with Gasteiger partial charge in [-0.2, -0.15) is 9.36 Å². The molecule has 29 heavy (non-hydrogen) atoms. The van der Waals surface area contributed by atoms with Crippen molar-refractivity contribution in [3.8, 4) is 17.2 Å². The Morgan fingerprint density at radius 3 is 2.55 bits per heavy atom. The van der Waals surface area contributed by atoms with Gasteiger partial charge in [-0.25, -0.2) is 4.68 Å². The van der Waals surface area contributed by atoms with Gasteiger partial charge in [-0.1, -0.05) is 35.0 Å². The molecule has 0 aliphatic heterocycles. The van der Waals surface area contributed by atoms with Crippen molar-refractivity contribution < 1.29 is 4.79 Å². The van der Waals surface area contributed by atoms with Gasteiger partial charge in [0.05, 0.1) is 11.4 Å². The maximum atomic E-state index is 12.4. The second-order valence-electron chi connectivity index (χ2n) is 6.90. The van der Waals surface area contributed by atoms with Crippen LogP contribution >= 0.6 is 11.5 Å². The van der Waals surface area contributed by atoms with Crippen molar-refractivity contribution in [1.82, 2.24) is 24.4 Å². The molecule has 1 amide bonds. The molecule has 4 rings (SSSR count). The third kappa shape index (κ3) is 3.66. The summed E-state index contributed by atoms with van der Waals surface area (Å²) in [6, 6.07) is 13.4. The lowest BCUT2D eigenvalue weighted by molar-refractivity contribution is 0.102. The fourth-order valence-electron chi connectivity index (χ4n) is 2.97. The number of hydrogen-bond donors (Lipinski definition) is 1. The van der Waals surface area contributed by atoms with Crippen molar-refractivity contribution in [1.29, 1.82) is 0 Å². The number of aromatic nitrogens is 5. The van der Waals surface area contributed by atoms with E-state index in [2.05, 4.69) is 44.9 Å². The van der Waals surface area contributed by atoms with E-state index in [0.29, 0.717) is 22.2 Å². The number of nitrogens with one attached hydrogen (secondary N) is 1. The molecule has 0 spiro atoms. The van der Waals surface area contributed by atoms with Crippen LogP contribution in [-0.2, 0) is 0 Å². The first kappa shape index (κ1) is 18.9. The highest BCUT2D eigenvalue weighted by molar-refractivity contribution is 7.10. The number of anilines is 1. The Labute approximate surface area is 172 Å². The number of carbonyl (C=O) groups excluding carboxylic acids is 1. The van der Waals surface area contributed by atoms with Crippen molar-refractivity contribution in [3.05, 3.63) is 70.4 Å². The highest BCUT2D eigenvalue weighted by Crippen LogP contribution is 2.25. The highest BCUT2D eigenvalue weighted by Gasteiger charge is 2.18. The van der Waals surface area contributed by atoms with Crippen LogP contribution in [0.5, 0.6) is 0 Å². The molecule has 0 aliphatic rings. The van der Waals surface area contributed by atoms with Crippen LogP contribution in [-0.4, -0.2) is 30.3 Å². The molecule has 8 heteroatoms. The molecule has 146 valence electrons. The minimum atomic E-state index is -0.219. The predicted molar refractivity (Wildman–Crippen MR) is 114 cm³/mol. The number of amides is 1. The van der Waals surface area contributed by atoms with Crippen molar-refractivity contribution in [3.63, 3.8) is 0 Å². The molecule has 0 bridgehead atoms. The second-order valence-corrected chi connectivity index (χ2v) is 7.65. The Morgan fingerprint density at radius 1 is 1.03 bits per heavy atom. The predicted octanol–water partition coefficient (Wildman–Crippen LogP) is 4.27. The van der Waals surface area contributed by atoms with E-state index >= 15 is 0 Å². The summed E-state index contributed by atoms with van der Waals surface area (Å²) < 4.78 is 6.15. The van der Waals surface area contributed by atoms with Crippen LogP contribution in [0.2, 0.25) is 0 Å². The van der Waals surface area contributed by atoms with Crippen LogP contribution in [0.3, 0.4) is 0 Å². The first-order valence-corrected chi connectivity index (χ1v) is 9.92. The second kappa shape index (κ2) is 7.56. The summed E-state index contributed by atoms with van der Waals surface area (Å²) in [6.07, 6.45) is 0. The molecule has 0 fully saturated rings. The van der Waals surface area contributed by atoms with Crippen LogP contribution in [0.1, 0.15) is 32.7 Å². The molecule has 2 aromatic heterocycles. The zero-order chi connectivity index (χ0) is 20.5. The number of aryl methyl sites for hydroxylation is 2. The van der Waals surface area contributed by atoms with Gasteiger partial charge in [-0.05, 0) is 57.0 Å². The van der Waals surface area contributed by atoms with E-state index < -0.39 is 0 Å². The molecule has 1 N–H and O–H groups in total. The number of carbonyl (C=O) groups is 1. The standard InChI is InChI=1S/C21H20N6OS/c1-12-8-10-16(11-9-12)20(28)23-21-22-19(25-29-21)18-15(4)27(26-24-18)17-7-5-6-13(2)14(17)3/h5-11H,1-4H3,(H,22,23,25,28). The Bertz CT molecular complexity index is 1190. The molecule has 0 atom stereocenters. The van der Waals surface area contributed by atoms with E-state index in [4.69, 9.17) is 0 Å². The summed E-state index contributed by atoms with van der Waals surface area (Å²) >= 11 is 1.12. The SMILES string of the molecule is Cc1ccc(C(=O)Nc2nc(-c3nnn(-c4cccc(C)c4C)c3C)ns2)cc1. The molecule has 7 nitrogen and oxygen atoms in total. The molecule has 2 heterocycles. The lowest BCUT2D eigenvalue weighted by Crippen LogP contribution is -2.11. The third-order valence-corrected chi connectivity index (χ3v) is 5.50. The number of hydrogen-bond acceptors (Lipinski definition) is 6. The minimum absolute atomic E-state index is 0.219. The Morgan fingerprint density at radius 2 is 1.79 bits per heavy atom. The average molecular weight is 404 g/mol. The molecule has 0 saturated heterocycles. The van der Waals surface area contributed by atoms with Gasteiger partial charge in [-0.15, -0.1) is 5.10 Å². The summed E-state index contributed by atoms with van der Waals surface area (Å²) in [5.41, 5.74) is 6.41. The van der Waals surface area contributed by atoms with E-state index in [9.17, 15) is 4.79 Å². The Kier molecular flexibility index (Phi) is 4.94. The molecular formula is C21H20N6OS. The van der Waals surface area contributed by atoms with Crippen molar-refractivity contribution in [2.45, 2.75) is 27.7 Å². The quantitative estimate of drug-likeness (QED) is 0.549. The number of nitrogens with zero attached hydrogens (tertiary/aromatic N) is 5. The van der Waals surface area contributed by atoms with E-state index in [0.717, 1.165) is 34.0 Å². The first-order valence-electron chi connectivity index (χ1n) is 9.15. The van der Waals surface area contributed by atoms with Gasteiger partial charge >= 0.3 is 0 Å². The first-order chi connectivity index (χ1) is 13.9. The Balaban J connectivity index is 1.59. The monoisotopic (exact) mass is 404 g/mol. The highest BCUT2D eigenvalue weighted by atomic mass is 32.1. The normalized spacial score (nSPS) is 10.9. The van der Waals surface area contributed by atoms with Crippen molar-refractivity contribution >= 4 is 22.6 Å². The summed E-state index contributed by atoms with van der Waals surface area (Å²) in [4.78, 5) is 16.8. The number of rotatable bonds is 4. The molecule has 0 aliphatic carbocycles. The summed E-state index contributed by atoms with van der Waals surface area (Å²) in [5.74, 6) is 0.228. The van der Waals surface area contributed by atoms with Crippen LogP contribution in [0.25, 0.3) is 17.2 Å². The minimum Gasteiger partial charge on any atom is -0.297 e. The molecule has 0 saturated carbocycles. The maximum absolute atomic E-state index is 12.4. The average Bonchev–Trinajstić information content (AvgIpc) is 3.31. The van der Waals surface area contributed by atoms with Gasteiger partial charge in [0.2, 0.25) is 5.13 Å². The van der Waals surface area contributed by atoms with Gasteiger partial charge in [0.15, 0.2) is 11.5 Å². The lowest BCUT2D eigenvalue weighted by atomic mass is 10.1. The van der Waals surface area contributed by atoms with E-state index in [1.54, 1.807) is 16.8 Å². The van der Waals surface area contributed by atoms with Crippen LogP contribution < -0.4 is 5.32 Å². The van der Waals surface area contributed by atoms with Crippen LogP contribution in [0.4, 0.5) is 5.13 Å². The van der Waals surface area contributed by atoms with Crippen LogP contribution in [0.15, 0.2) is 42.5 Å². The zero-order valence-electron chi connectivity index (χ0n) is 16.6. The van der Waals surface area contributed by atoms with E-state index in [1.165, 1.54) is 5.56 Å². The third-order valence-electron chi connectivity index (χ3n) is 4.87. The fraction of sp³-hybridized carbons (Fsp3) is 0.190. The Hall–Kier alpha value is -3.39. The van der Waals surface area contributed by atoms with Gasteiger partial charge < -0.3 is 0 Å². The summed E-state index contributed by atoms with van der Waals surface area (Å²) in [5, 5.41) is 11.8. The van der Waals surface area contributed by atoms with Crippen molar-refractivity contribution in [2.75, 3.05) is 5.32 Å². The lowest BCUT2D eigenvalue weighted by Gasteiger charge is -2.09. The largest absolute Gasteiger partial charge is 0.297 e. The summed E-state index contributed by atoms with van der Waals surface area (Å²) in [6.45, 7) is 8.04. The maximum Gasteiger partial charge on any atom is 0.257 e. The molecule has 4 aromatic rings.